The summed E-state index contributed by atoms with van der Waals surface area (Å²) in [5, 5.41) is 0. The summed E-state index contributed by atoms with van der Waals surface area (Å²) in [5.74, 6) is 1.62. The van der Waals surface area contributed by atoms with Crippen LogP contribution in [0.5, 0.6) is 0 Å². The van der Waals surface area contributed by atoms with E-state index in [9.17, 15) is 8.78 Å². The monoisotopic (exact) mass is 196 g/mol. The van der Waals surface area contributed by atoms with Crippen molar-refractivity contribution in [3.63, 3.8) is 0 Å². The van der Waals surface area contributed by atoms with Crippen molar-refractivity contribution in [2.45, 2.75) is 13.8 Å². The van der Waals surface area contributed by atoms with Gasteiger partial charge in [-0.1, -0.05) is 13.8 Å². The van der Waals surface area contributed by atoms with Crippen molar-refractivity contribution in [1.82, 2.24) is 0 Å². The number of rotatable bonds is 4. The zero-order valence-electron chi connectivity index (χ0n) is 6.49. The second-order valence-electron chi connectivity index (χ2n) is 1.54. The summed E-state index contributed by atoms with van der Waals surface area (Å²) < 4.78 is 24.0. The molecule has 0 nitrogen and oxygen atoms in total. The second kappa shape index (κ2) is 6.77. The van der Waals surface area contributed by atoms with Gasteiger partial charge in [-0.3, -0.25) is 0 Å². The van der Waals surface area contributed by atoms with E-state index in [1.807, 2.05) is 19.6 Å². The molecule has 0 N–H and O–H groups in total. The Labute approximate surface area is 74.1 Å². The molecule has 0 aliphatic carbocycles. The molecule has 4 heteroatoms. The molecule has 0 radical (unpaired) electrons. The molecule has 0 saturated heterocycles. The van der Waals surface area contributed by atoms with Gasteiger partial charge in [0, 0.05) is 0 Å². The summed E-state index contributed by atoms with van der Waals surface area (Å²) in [4.78, 5) is 0. The zero-order valence-corrected chi connectivity index (χ0v) is 8.12. The predicted octanol–water partition coefficient (Wildman–Crippen LogP) is 3.71. The van der Waals surface area contributed by atoms with Crippen molar-refractivity contribution in [1.29, 1.82) is 0 Å². The molecule has 0 aromatic heterocycles. The van der Waals surface area contributed by atoms with Crippen LogP contribution < -0.4 is 0 Å². The molecule has 0 aliphatic heterocycles. The van der Waals surface area contributed by atoms with Gasteiger partial charge in [0.15, 0.2) is 0 Å². The van der Waals surface area contributed by atoms with E-state index in [4.69, 9.17) is 0 Å². The third-order valence-corrected chi connectivity index (χ3v) is 2.76. The summed E-state index contributed by atoms with van der Waals surface area (Å²) in [6, 6.07) is 0. The fraction of sp³-hybridized carbons (Fsp3) is 0.571. The van der Waals surface area contributed by atoms with Crippen LogP contribution in [0.4, 0.5) is 8.78 Å². The first kappa shape index (κ1) is 11.1. The van der Waals surface area contributed by atoms with E-state index in [0.717, 1.165) is 11.5 Å². The minimum atomic E-state index is -1.73. The van der Waals surface area contributed by atoms with Crippen molar-refractivity contribution in [2.75, 3.05) is 11.5 Å². The highest BCUT2D eigenvalue weighted by molar-refractivity contribution is 8.22. The Morgan fingerprint density at radius 2 is 1.64 bits per heavy atom. The van der Waals surface area contributed by atoms with E-state index >= 15 is 0 Å². The number of hydrogen-bond donors (Lipinski definition) is 0. The lowest BCUT2D eigenvalue weighted by atomic mass is 10.9. The zero-order chi connectivity index (χ0) is 8.69. The van der Waals surface area contributed by atoms with Gasteiger partial charge in [0.05, 0.1) is 4.24 Å². The van der Waals surface area contributed by atoms with Crippen LogP contribution in [0.25, 0.3) is 0 Å². The molecule has 0 rings (SSSR count). The van der Waals surface area contributed by atoms with E-state index in [1.54, 1.807) is 0 Å². The first-order chi connectivity index (χ1) is 5.20. The molecule has 0 fully saturated rings. The Hall–Kier alpha value is 0.0800. The van der Waals surface area contributed by atoms with Crippen LogP contribution in [0.1, 0.15) is 13.8 Å². The van der Waals surface area contributed by atoms with Crippen LogP contribution in [-0.4, -0.2) is 11.5 Å². The maximum absolute atomic E-state index is 11.7. The Bertz CT molecular complexity index is 159. The molecular formula is C7H10F2S2. The normalized spacial score (nSPS) is 9.09. The number of thioether (sulfide) groups is 2. The first-order valence-electron chi connectivity index (χ1n) is 3.28. The van der Waals surface area contributed by atoms with Gasteiger partial charge in [-0.15, -0.1) is 23.5 Å². The SMILES string of the molecule is CCSC(=C=C(F)F)SCC. The molecule has 0 heterocycles. The maximum atomic E-state index is 11.7. The molecule has 0 amide bonds. The standard InChI is InChI=1S/C7H10F2S2/c1-3-10-7(11-4-2)5-6(8)9/h3-4H2,1-2H3. The minimum absolute atomic E-state index is 0.579. The van der Waals surface area contributed by atoms with Gasteiger partial charge in [-0.25, -0.2) is 0 Å². The first-order valence-corrected chi connectivity index (χ1v) is 5.25. The van der Waals surface area contributed by atoms with Crippen molar-refractivity contribution < 1.29 is 8.78 Å². The molecule has 0 bridgehead atoms. The Kier molecular flexibility index (Phi) is 6.82. The van der Waals surface area contributed by atoms with Crippen LogP contribution >= 0.6 is 23.5 Å². The van der Waals surface area contributed by atoms with E-state index in [0.29, 0.717) is 4.24 Å². The minimum Gasteiger partial charge on any atom is -0.164 e. The van der Waals surface area contributed by atoms with Crippen molar-refractivity contribution in [2.24, 2.45) is 0 Å². The van der Waals surface area contributed by atoms with E-state index in [2.05, 4.69) is 0 Å². The predicted molar refractivity (Wildman–Crippen MR) is 49.0 cm³/mol. The quantitative estimate of drug-likeness (QED) is 0.629. The van der Waals surface area contributed by atoms with Crippen molar-refractivity contribution >= 4 is 23.5 Å². The van der Waals surface area contributed by atoms with E-state index in [1.165, 1.54) is 23.5 Å². The van der Waals surface area contributed by atoms with Gasteiger partial charge in [0.25, 0.3) is 0 Å². The fourth-order valence-corrected chi connectivity index (χ4v) is 2.32. The summed E-state index contributed by atoms with van der Waals surface area (Å²) in [6.07, 6.45) is -1.73. The number of halogens is 2. The molecular weight excluding hydrogens is 186 g/mol. The van der Waals surface area contributed by atoms with Crippen LogP contribution in [0.15, 0.2) is 16.0 Å². The fourth-order valence-electron chi connectivity index (χ4n) is 0.453. The summed E-state index contributed by atoms with van der Waals surface area (Å²) in [5.41, 5.74) is 2.01. The molecule has 11 heavy (non-hydrogen) atoms. The lowest BCUT2D eigenvalue weighted by molar-refractivity contribution is 0.424. The summed E-state index contributed by atoms with van der Waals surface area (Å²) in [7, 11) is 0. The average Bonchev–Trinajstić information content (AvgIpc) is 1.87. The molecule has 0 aromatic rings. The van der Waals surface area contributed by atoms with Crippen LogP contribution in [-0.2, 0) is 0 Å². The lowest BCUT2D eigenvalue weighted by Gasteiger charge is -1.97. The molecule has 0 saturated carbocycles. The summed E-state index contributed by atoms with van der Waals surface area (Å²) in [6.45, 7) is 3.86. The van der Waals surface area contributed by atoms with Gasteiger partial charge in [0.2, 0.25) is 0 Å². The van der Waals surface area contributed by atoms with Crippen molar-refractivity contribution in [3.05, 3.63) is 16.0 Å². The summed E-state index contributed by atoms with van der Waals surface area (Å²) >= 11 is 2.79. The van der Waals surface area contributed by atoms with E-state index in [-0.39, 0.29) is 0 Å². The molecule has 0 aliphatic rings. The van der Waals surface area contributed by atoms with E-state index < -0.39 is 6.08 Å². The third kappa shape index (κ3) is 6.48. The topological polar surface area (TPSA) is 0 Å². The molecule has 64 valence electrons. The van der Waals surface area contributed by atoms with Gasteiger partial charge < -0.3 is 0 Å². The highest BCUT2D eigenvalue weighted by Gasteiger charge is 1.95. The van der Waals surface area contributed by atoms with Gasteiger partial charge in [-0.05, 0) is 17.2 Å². The lowest BCUT2D eigenvalue weighted by Crippen LogP contribution is -1.71. The van der Waals surface area contributed by atoms with Crippen molar-refractivity contribution in [3.8, 4) is 0 Å². The highest BCUT2D eigenvalue weighted by atomic mass is 32.2. The average molecular weight is 196 g/mol. The van der Waals surface area contributed by atoms with Crippen LogP contribution in [0.3, 0.4) is 0 Å². The van der Waals surface area contributed by atoms with Crippen LogP contribution in [0, 0.1) is 0 Å². The van der Waals surface area contributed by atoms with Crippen LogP contribution in [0.2, 0.25) is 0 Å². The molecule has 0 spiro atoms. The molecule has 0 atom stereocenters. The molecule has 0 aromatic carbocycles. The third-order valence-electron chi connectivity index (χ3n) is 0.747. The van der Waals surface area contributed by atoms with Gasteiger partial charge in [-0.2, -0.15) is 8.78 Å². The Morgan fingerprint density at radius 3 is 1.91 bits per heavy atom. The largest absolute Gasteiger partial charge is 0.314 e. The van der Waals surface area contributed by atoms with Gasteiger partial charge in [0.1, 0.15) is 0 Å². The van der Waals surface area contributed by atoms with Gasteiger partial charge >= 0.3 is 6.08 Å². The molecule has 0 unspecified atom stereocenters. The smallest absolute Gasteiger partial charge is 0.164 e. The second-order valence-corrected chi connectivity index (χ2v) is 4.35. The maximum Gasteiger partial charge on any atom is 0.314 e. The number of hydrogen-bond acceptors (Lipinski definition) is 2. The Morgan fingerprint density at radius 1 is 1.18 bits per heavy atom. The Balaban J connectivity index is 4.20. The highest BCUT2D eigenvalue weighted by Crippen LogP contribution is 2.27.